The lowest BCUT2D eigenvalue weighted by molar-refractivity contribution is 0.670. The van der Waals surface area contributed by atoms with Gasteiger partial charge < -0.3 is 4.42 Å². The van der Waals surface area contributed by atoms with E-state index in [-0.39, 0.29) is 0 Å². The van der Waals surface area contributed by atoms with Crippen molar-refractivity contribution in [2.45, 2.75) is 0 Å². The Morgan fingerprint density at radius 2 is 0.906 bits per heavy atom. The average molecular weight is 678 g/mol. The second kappa shape index (κ2) is 13.2. The fraction of sp³-hybridized carbons (Fsp3) is 0. The Morgan fingerprint density at radius 3 is 1.55 bits per heavy atom. The van der Waals surface area contributed by atoms with Crippen LogP contribution in [0.3, 0.4) is 0 Å². The van der Waals surface area contributed by atoms with Gasteiger partial charge in [0.05, 0.1) is 13.1 Å². The quantitative estimate of drug-likeness (QED) is 0.164. The first kappa shape index (κ1) is 31.3. The van der Waals surface area contributed by atoms with E-state index in [0.717, 1.165) is 72.0 Å². The van der Waals surface area contributed by atoms with E-state index in [0.29, 0.717) is 28.8 Å². The average Bonchev–Trinajstić information content (AvgIpc) is 3.63. The third-order valence-electron chi connectivity index (χ3n) is 9.32. The number of rotatable bonds is 6. The lowest BCUT2D eigenvalue weighted by Gasteiger charge is -2.11. The SMILES string of the molecule is [C-]#[N+]c1cccc(-c2cc(-c3cccc([N+]#[C-])c3)c3oc4cccc(-c5cccc(-c6nc(-c7ccccc7)nc(-c7ccccc7)n6)c5)c4c3c2)c1. The molecule has 7 aromatic carbocycles. The molecule has 0 fully saturated rings. The maximum Gasteiger partial charge on any atom is 0.187 e. The summed E-state index contributed by atoms with van der Waals surface area (Å²) in [5, 5.41) is 1.91. The van der Waals surface area contributed by atoms with Crippen molar-refractivity contribution in [1.29, 1.82) is 0 Å². The van der Waals surface area contributed by atoms with E-state index in [4.69, 9.17) is 32.5 Å². The van der Waals surface area contributed by atoms with Crippen molar-refractivity contribution in [3.63, 3.8) is 0 Å². The summed E-state index contributed by atoms with van der Waals surface area (Å²) in [7, 11) is 0. The van der Waals surface area contributed by atoms with E-state index in [1.165, 1.54) is 0 Å². The van der Waals surface area contributed by atoms with Crippen molar-refractivity contribution in [2.24, 2.45) is 0 Å². The molecule has 9 rings (SSSR count). The highest BCUT2D eigenvalue weighted by atomic mass is 16.3. The minimum absolute atomic E-state index is 0.550. The van der Waals surface area contributed by atoms with Gasteiger partial charge in [-0.15, -0.1) is 0 Å². The topological polar surface area (TPSA) is 60.5 Å². The summed E-state index contributed by atoms with van der Waals surface area (Å²) in [6, 6.07) is 53.8. The molecule has 2 heterocycles. The van der Waals surface area contributed by atoms with Gasteiger partial charge in [0.1, 0.15) is 11.2 Å². The van der Waals surface area contributed by atoms with Crippen molar-refractivity contribution in [3.8, 4) is 67.5 Å². The molecule has 0 saturated heterocycles. The van der Waals surface area contributed by atoms with Gasteiger partial charge in [0.2, 0.25) is 0 Å². The highest BCUT2D eigenvalue weighted by Gasteiger charge is 2.19. The second-order valence-electron chi connectivity index (χ2n) is 12.6. The van der Waals surface area contributed by atoms with Crippen molar-refractivity contribution in [1.82, 2.24) is 15.0 Å². The Balaban J connectivity index is 1.25. The van der Waals surface area contributed by atoms with Crippen LogP contribution in [-0.4, -0.2) is 15.0 Å². The lowest BCUT2D eigenvalue weighted by Crippen LogP contribution is -2.00. The third-order valence-corrected chi connectivity index (χ3v) is 9.32. The summed E-state index contributed by atoms with van der Waals surface area (Å²) in [5.41, 5.74) is 10.9. The molecule has 0 spiro atoms. The molecule has 246 valence electrons. The first-order valence-corrected chi connectivity index (χ1v) is 17.1. The van der Waals surface area contributed by atoms with Gasteiger partial charge in [-0.3, -0.25) is 0 Å². The second-order valence-corrected chi connectivity index (χ2v) is 12.6. The standard InChI is InChI=1S/C47H27N5O/c1-48-37-21-10-17-32(26-37)36-28-40(34-19-11-22-38(27-34)49-2)44-41(29-36)43-39(23-12-24-42(43)53-44)33-18-9-20-35(25-33)47-51-45(30-13-5-3-6-14-30)50-46(52-47)31-15-7-4-8-16-31/h3-29H. The summed E-state index contributed by atoms with van der Waals surface area (Å²) in [5.74, 6) is 1.78. The predicted molar refractivity (Wildman–Crippen MR) is 212 cm³/mol. The van der Waals surface area contributed by atoms with Crippen LogP contribution in [0.25, 0.3) is 99.2 Å². The van der Waals surface area contributed by atoms with Crippen LogP contribution in [0.5, 0.6) is 0 Å². The number of furan rings is 1. The van der Waals surface area contributed by atoms with Crippen LogP contribution >= 0.6 is 0 Å². The van der Waals surface area contributed by atoms with Gasteiger partial charge >= 0.3 is 0 Å². The molecule has 0 aliphatic heterocycles. The lowest BCUT2D eigenvalue weighted by atomic mass is 9.93. The van der Waals surface area contributed by atoms with Crippen LogP contribution in [0.4, 0.5) is 11.4 Å². The fourth-order valence-electron chi connectivity index (χ4n) is 6.81. The van der Waals surface area contributed by atoms with Gasteiger partial charge in [-0.05, 0) is 64.2 Å². The van der Waals surface area contributed by atoms with Crippen LogP contribution in [-0.2, 0) is 0 Å². The molecule has 2 aromatic heterocycles. The normalized spacial score (nSPS) is 11.0. The van der Waals surface area contributed by atoms with Gasteiger partial charge in [-0.2, -0.15) is 0 Å². The van der Waals surface area contributed by atoms with Crippen molar-refractivity contribution < 1.29 is 4.42 Å². The van der Waals surface area contributed by atoms with Crippen molar-refractivity contribution in [3.05, 3.63) is 187 Å². The van der Waals surface area contributed by atoms with Gasteiger partial charge in [0.15, 0.2) is 28.8 Å². The smallest absolute Gasteiger partial charge is 0.187 e. The van der Waals surface area contributed by atoms with Crippen LogP contribution in [0, 0.1) is 13.1 Å². The zero-order valence-electron chi connectivity index (χ0n) is 28.2. The maximum absolute atomic E-state index is 7.65. The molecule has 0 atom stereocenters. The van der Waals surface area contributed by atoms with E-state index < -0.39 is 0 Å². The van der Waals surface area contributed by atoms with Crippen LogP contribution in [0.15, 0.2) is 168 Å². The first-order valence-electron chi connectivity index (χ1n) is 17.1. The van der Waals surface area contributed by atoms with Gasteiger partial charge in [0, 0.05) is 33.0 Å². The number of nitrogens with zero attached hydrogens (tertiary/aromatic N) is 5. The Labute approximate surface area is 306 Å². The monoisotopic (exact) mass is 677 g/mol. The molecule has 0 saturated carbocycles. The number of hydrogen-bond acceptors (Lipinski definition) is 4. The molecule has 6 nitrogen and oxygen atoms in total. The minimum atomic E-state index is 0.550. The highest BCUT2D eigenvalue weighted by Crippen LogP contribution is 2.44. The van der Waals surface area contributed by atoms with Gasteiger partial charge in [-0.25, -0.2) is 24.6 Å². The molecular formula is C47H27N5O. The molecule has 6 heteroatoms. The number of benzene rings is 7. The Morgan fingerprint density at radius 1 is 0.396 bits per heavy atom. The molecule has 0 aliphatic rings. The molecule has 0 amide bonds. The maximum atomic E-state index is 7.65. The molecule has 0 bridgehead atoms. The zero-order chi connectivity index (χ0) is 35.7. The first-order chi connectivity index (χ1) is 26.1. The summed E-state index contributed by atoms with van der Waals surface area (Å²) in [6.07, 6.45) is 0. The molecule has 0 radical (unpaired) electrons. The summed E-state index contributed by atoms with van der Waals surface area (Å²) in [6.45, 7) is 15.3. The Hall–Kier alpha value is -7.67. The minimum Gasteiger partial charge on any atom is -0.455 e. The van der Waals surface area contributed by atoms with Crippen LogP contribution in [0.1, 0.15) is 0 Å². The molecule has 9 aromatic rings. The van der Waals surface area contributed by atoms with Gasteiger partial charge in [0.25, 0.3) is 0 Å². The van der Waals surface area contributed by atoms with E-state index in [1.54, 1.807) is 6.07 Å². The molecule has 53 heavy (non-hydrogen) atoms. The van der Waals surface area contributed by atoms with Crippen LogP contribution < -0.4 is 0 Å². The molecule has 0 aliphatic carbocycles. The molecule has 0 unspecified atom stereocenters. The third kappa shape index (κ3) is 5.87. The number of aromatic nitrogens is 3. The highest BCUT2D eigenvalue weighted by molar-refractivity contribution is 6.16. The molecule has 0 N–H and O–H groups in total. The van der Waals surface area contributed by atoms with E-state index in [2.05, 4.69) is 40.0 Å². The van der Waals surface area contributed by atoms with E-state index in [1.807, 2.05) is 127 Å². The zero-order valence-corrected chi connectivity index (χ0v) is 28.2. The fourth-order valence-corrected chi connectivity index (χ4v) is 6.81. The largest absolute Gasteiger partial charge is 0.455 e. The van der Waals surface area contributed by atoms with E-state index >= 15 is 0 Å². The number of hydrogen-bond donors (Lipinski definition) is 0. The van der Waals surface area contributed by atoms with Crippen molar-refractivity contribution >= 4 is 33.3 Å². The Bertz CT molecular complexity index is 2860. The number of fused-ring (bicyclic) bond motifs is 3. The van der Waals surface area contributed by atoms with Crippen molar-refractivity contribution in [2.75, 3.05) is 0 Å². The van der Waals surface area contributed by atoms with Gasteiger partial charge in [-0.1, -0.05) is 127 Å². The summed E-state index contributed by atoms with van der Waals surface area (Å²) < 4.78 is 6.69. The van der Waals surface area contributed by atoms with E-state index in [9.17, 15) is 0 Å². The van der Waals surface area contributed by atoms with Crippen LogP contribution in [0.2, 0.25) is 0 Å². The predicted octanol–water partition coefficient (Wildman–Crippen LogP) is 12.9. The Kier molecular flexibility index (Phi) is 7.82. The molecular weight excluding hydrogens is 651 g/mol. The summed E-state index contributed by atoms with van der Waals surface area (Å²) >= 11 is 0. The summed E-state index contributed by atoms with van der Waals surface area (Å²) in [4.78, 5) is 22.2.